The van der Waals surface area contributed by atoms with Crippen molar-refractivity contribution in [2.24, 2.45) is 5.84 Å². The molecule has 4 N–H and O–H groups in total. The summed E-state index contributed by atoms with van der Waals surface area (Å²) in [6, 6.07) is 3.64. The molecular weight excluding hydrogens is 214 g/mol. The van der Waals surface area contributed by atoms with Crippen LogP contribution in [0.5, 0.6) is 0 Å². The Balaban J connectivity index is 2.56. The highest BCUT2D eigenvalue weighted by atomic mass is 32.1. The Kier molecular flexibility index (Phi) is 4.70. The quantitative estimate of drug-likeness (QED) is 0.370. The molecule has 0 spiro atoms. The minimum Gasteiger partial charge on any atom is -0.395 e. The van der Waals surface area contributed by atoms with Gasteiger partial charge in [-0.2, -0.15) is 0 Å². The van der Waals surface area contributed by atoms with E-state index in [0.29, 0.717) is 11.4 Å². The maximum absolute atomic E-state index is 11.2. The van der Waals surface area contributed by atoms with E-state index in [2.05, 4.69) is 5.43 Å². The molecule has 1 rings (SSSR count). The highest BCUT2D eigenvalue weighted by Crippen LogP contribution is 2.17. The zero-order chi connectivity index (χ0) is 11.3. The molecule has 1 heterocycles. The van der Waals surface area contributed by atoms with Gasteiger partial charge in [0, 0.05) is 18.0 Å². The van der Waals surface area contributed by atoms with E-state index >= 15 is 0 Å². The predicted molar refractivity (Wildman–Crippen MR) is 59.4 cm³/mol. The summed E-state index contributed by atoms with van der Waals surface area (Å²) in [6.45, 7) is 1.48. The number of thiophene rings is 1. The van der Waals surface area contributed by atoms with Crippen molar-refractivity contribution in [2.45, 2.75) is 6.54 Å². The van der Waals surface area contributed by atoms with Gasteiger partial charge in [0.2, 0.25) is 0 Å². The van der Waals surface area contributed by atoms with Crippen LogP contribution in [0.2, 0.25) is 0 Å². The third-order valence-corrected chi connectivity index (χ3v) is 2.99. The van der Waals surface area contributed by atoms with Crippen LogP contribution in [-0.4, -0.2) is 36.1 Å². The molecule has 0 unspecified atom stereocenters. The summed E-state index contributed by atoms with van der Waals surface area (Å²) in [5.41, 5.74) is 2.09. The fraction of sp³-hybridized carbons (Fsp3) is 0.444. The van der Waals surface area contributed by atoms with Crippen molar-refractivity contribution in [2.75, 3.05) is 20.2 Å². The average Bonchev–Trinajstić information content (AvgIpc) is 2.65. The van der Waals surface area contributed by atoms with Gasteiger partial charge in [-0.3, -0.25) is 15.1 Å². The summed E-state index contributed by atoms with van der Waals surface area (Å²) in [7, 11) is 1.92. The van der Waals surface area contributed by atoms with Crippen molar-refractivity contribution in [1.82, 2.24) is 10.3 Å². The van der Waals surface area contributed by atoms with Crippen LogP contribution >= 0.6 is 11.3 Å². The number of carbonyl (C=O) groups is 1. The van der Waals surface area contributed by atoms with Crippen molar-refractivity contribution in [3.8, 4) is 0 Å². The van der Waals surface area contributed by atoms with Gasteiger partial charge in [0.1, 0.15) is 0 Å². The molecule has 84 valence electrons. The van der Waals surface area contributed by atoms with Crippen molar-refractivity contribution in [1.29, 1.82) is 0 Å². The molecular formula is C9H15N3O2S. The molecule has 0 bridgehead atoms. The number of carbonyl (C=O) groups excluding carboxylic acids is 1. The Morgan fingerprint density at radius 2 is 2.40 bits per heavy atom. The van der Waals surface area contributed by atoms with Gasteiger partial charge in [-0.05, 0) is 19.2 Å². The lowest BCUT2D eigenvalue weighted by Gasteiger charge is -2.12. The van der Waals surface area contributed by atoms with Crippen molar-refractivity contribution < 1.29 is 9.90 Å². The summed E-state index contributed by atoms with van der Waals surface area (Å²) < 4.78 is 0. The van der Waals surface area contributed by atoms with Crippen molar-refractivity contribution in [3.05, 3.63) is 21.9 Å². The lowest BCUT2D eigenvalue weighted by Crippen LogP contribution is -2.29. The first kappa shape index (κ1) is 12.1. The molecule has 0 fully saturated rings. The maximum atomic E-state index is 11.2. The average molecular weight is 229 g/mol. The molecule has 0 saturated heterocycles. The molecule has 6 heteroatoms. The Bertz CT molecular complexity index is 327. The van der Waals surface area contributed by atoms with Gasteiger partial charge in [-0.25, -0.2) is 5.84 Å². The van der Waals surface area contributed by atoms with Crippen molar-refractivity contribution >= 4 is 17.2 Å². The predicted octanol–water partition coefficient (Wildman–Crippen LogP) is -0.224. The molecule has 0 radical (unpaired) electrons. The van der Waals surface area contributed by atoms with E-state index in [-0.39, 0.29) is 12.5 Å². The standard InChI is InChI=1S/C9H15N3O2S/c1-12(4-5-13)6-7-2-3-8(15-7)9(14)11-10/h2-3,13H,4-6,10H2,1H3,(H,11,14). The molecule has 0 aliphatic rings. The summed E-state index contributed by atoms with van der Waals surface area (Å²) in [5.74, 6) is 4.76. The van der Waals surface area contributed by atoms with E-state index in [1.807, 2.05) is 18.0 Å². The first-order valence-corrected chi connectivity index (χ1v) is 5.38. The van der Waals surface area contributed by atoms with E-state index < -0.39 is 0 Å². The smallest absolute Gasteiger partial charge is 0.275 e. The highest BCUT2D eigenvalue weighted by molar-refractivity contribution is 7.14. The van der Waals surface area contributed by atoms with Crippen LogP contribution in [0.1, 0.15) is 14.5 Å². The fourth-order valence-corrected chi connectivity index (χ4v) is 2.16. The molecule has 0 atom stereocenters. The van der Waals surface area contributed by atoms with Crippen LogP contribution in [0, 0.1) is 0 Å². The molecule has 0 aromatic carbocycles. The zero-order valence-electron chi connectivity index (χ0n) is 8.56. The number of nitrogen functional groups attached to an aromatic ring is 1. The number of aliphatic hydroxyl groups excluding tert-OH is 1. The Morgan fingerprint density at radius 1 is 1.67 bits per heavy atom. The Morgan fingerprint density at radius 3 is 3.00 bits per heavy atom. The van der Waals surface area contributed by atoms with E-state index in [1.165, 1.54) is 11.3 Å². The summed E-state index contributed by atoms with van der Waals surface area (Å²) in [5, 5.41) is 8.73. The van der Waals surface area contributed by atoms with Gasteiger partial charge >= 0.3 is 0 Å². The molecule has 1 amide bonds. The normalized spacial score (nSPS) is 10.7. The van der Waals surface area contributed by atoms with E-state index in [9.17, 15) is 4.79 Å². The largest absolute Gasteiger partial charge is 0.395 e. The number of likely N-dealkylation sites (N-methyl/N-ethyl adjacent to an activating group) is 1. The second-order valence-electron chi connectivity index (χ2n) is 3.20. The summed E-state index contributed by atoms with van der Waals surface area (Å²) >= 11 is 1.40. The van der Waals surface area contributed by atoms with Gasteiger partial charge < -0.3 is 5.11 Å². The number of aliphatic hydroxyl groups is 1. The molecule has 0 aliphatic carbocycles. The van der Waals surface area contributed by atoms with Crippen LogP contribution in [0.3, 0.4) is 0 Å². The molecule has 1 aromatic rings. The van der Waals surface area contributed by atoms with Crippen LogP contribution in [0.25, 0.3) is 0 Å². The van der Waals surface area contributed by atoms with Gasteiger partial charge in [-0.1, -0.05) is 0 Å². The topological polar surface area (TPSA) is 78.6 Å². The number of hydrogen-bond acceptors (Lipinski definition) is 5. The van der Waals surface area contributed by atoms with Gasteiger partial charge in [0.05, 0.1) is 11.5 Å². The van der Waals surface area contributed by atoms with E-state index in [4.69, 9.17) is 10.9 Å². The molecule has 5 nitrogen and oxygen atoms in total. The minimum absolute atomic E-state index is 0.137. The Hall–Kier alpha value is -0.950. The van der Waals surface area contributed by atoms with E-state index in [0.717, 1.165) is 11.4 Å². The second kappa shape index (κ2) is 5.82. The van der Waals surface area contributed by atoms with E-state index in [1.54, 1.807) is 6.07 Å². The van der Waals surface area contributed by atoms with Crippen molar-refractivity contribution in [3.63, 3.8) is 0 Å². The highest BCUT2D eigenvalue weighted by Gasteiger charge is 2.08. The first-order valence-electron chi connectivity index (χ1n) is 4.56. The van der Waals surface area contributed by atoms with Crippen LogP contribution in [-0.2, 0) is 6.54 Å². The van der Waals surface area contributed by atoms with Gasteiger partial charge in [0.15, 0.2) is 0 Å². The molecule has 0 aliphatic heterocycles. The van der Waals surface area contributed by atoms with Gasteiger partial charge in [-0.15, -0.1) is 11.3 Å². The zero-order valence-corrected chi connectivity index (χ0v) is 9.38. The number of nitrogens with one attached hydrogen (secondary N) is 1. The Labute approximate surface area is 92.5 Å². The third kappa shape index (κ3) is 3.60. The minimum atomic E-state index is -0.268. The molecule has 1 aromatic heterocycles. The van der Waals surface area contributed by atoms with Gasteiger partial charge in [0.25, 0.3) is 5.91 Å². The summed E-state index contributed by atoms with van der Waals surface area (Å²) in [6.07, 6.45) is 0. The number of hydrazine groups is 1. The number of amides is 1. The maximum Gasteiger partial charge on any atom is 0.275 e. The third-order valence-electron chi connectivity index (χ3n) is 1.92. The SMILES string of the molecule is CN(CCO)Cc1ccc(C(=O)NN)s1. The van der Waals surface area contributed by atoms with Crippen LogP contribution in [0.4, 0.5) is 0 Å². The fourth-order valence-electron chi connectivity index (χ4n) is 1.17. The lowest BCUT2D eigenvalue weighted by molar-refractivity contribution is 0.0957. The second-order valence-corrected chi connectivity index (χ2v) is 4.37. The van der Waals surface area contributed by atoms with Crippen LogP contribution < -0.4 is 11.3 Å². The lowest BCUT2D eigenvalue weighted by atomic mass is 10.4. The molecule has 0 saturated carbocycles. The number of rotatable bonds is 5. The monoisotopic (exact) mass is 229 g/mol. The molecule has 15 heavy (non-hydrogen) atoms. The number of hydrogen-bond donors (Lipinski definition) is 3. The van der Waals surface area contributed by atoms with Crippen LogP contribution in [0.15, 0.2) is 12.1 Å². The summed E-state index contributed by atoms with van der Waals surface area (Å²) in [4.78, 5) is 14.8. The number of nitrogens with zero attached hydrogens (tertiary/aromatic N) is 1. The number of nitrogens with two attached hydrogens (primary N) is 1. The first-order chi connectivity index (χ1) is 7.17.